The van der Waals surface area contributed by atoms with Crippen LogP contribution in [0.15, 0.2) is 47.4 Å². The van der Waals surface area contributed by atoms with E-state index < -0.39 is 34.1 Å². The minimum atomic E-state index is -4.92. The lowest BCUT2D eigenvalue weighted by atomic mass is 10.2. The number of nitrogens with one attached hydrogen (secondary N) is 2. The third-order valence-corrected chi connectivity index (χ3v) is 5.04. The predicted molar refractivity (Wildman–Crippen MR) is 106 cm³/mol. The van der Waals surface area contributed by atoms with Crippen LogP contribution in [0.3, 0.4) is 0 Å². The molecule has 0 saturated heterocycles. The van der Waals surface area contributed by atoms with Crippen molar-refractivity contribution >= 4 is 27.3 Å². The highest BCUT2D eigenvalue weighted by molar-refractivity contribution is 7.92. The van der Waals surface area contributed by atoms with Gasteiger partial charge in [0.05, 0.1) is 24.8 Å². The second-order valence-corrected chi connectivity index (χ2v) is 8.03. The van der Waals surface area contributed by atoms with E-state index in [0.717, 1.165) is 12.1 Å². The number of hydrogen-bond acceptors (Lipinski definition) is 6. The molecular formula is C19H21F3N2O6S. The van der Waals surface area contributed by atoms with Crippen molar-refractivity contribution in [3.05, 3.63) is 42.5 Å². The molecule has 0 bridgehead atoms. The molecule has 0 saturated carbocycles. The summed E-state index contributed by atoms with van der Waals surface area (Å²) in [6.07, 6.45) is -5.93. The fraction of sp³-hybridized carbons (Fsp3) is 0.316. The van der Waals surface area contributed by atoms with E-state index in [4.69, 9.17) is 4.74 Å². The van der Waals surface area contributed by atoms with Crippen LogP contribution in [-0.2, 0) is 14.8 Å². The molecule has 170 valence electrons. The first-order valence-corrected chi connectivity index (χ1v) is 10.5. The molecule has 31 heavy (non-hydrogen) atoms. The Morgan fingerprint density at radius 3 is 2.48 bits per heavy atom. The fourth-order valence-corrected chi connectivity index (χ4v) is 3.70. The Morgan fingerprint density at radius 1 is 1.16 bits per heavy atom. The highest BCUT2D eigenvalue weighted by Crippen LogP contribution is 2.31. The largest absolute Gasteiger partial charge is 0.573 e. The average molecular weight is 462 g/mol. The Hall–Kier alpha value is -2.99. The minimum Gasteiger partial charge on any atom is -0.492 e. The first kappa shape index (κ1) is 24.3. The maximum atomic E-state index is 12.8. The molecule has 0 aliphatic heterocycles. The number of rotatable bonds is 9. The zero-order valence-electron chi connectivity index (χ0n) is 16.6. The summed E-state index contributed by atoms with van der Waals surface area (Å²) in [7, 11) is -4.26. The Kier molecular flexibility index (Phi) is 7.74. The molecule has 8 nitrogen and oxygen atoms in total. The molecule has 0 heterocycles. The van der Waals surface area contributed by atoms with E-state index in [1.165, 1.54) is 37.3 Å². The number of anilines is 2. The van der Waals surface area contributed by atoms with Gasteiger partial charge in [-0.25, -0.2) is 8.42 Å². The van der Waals surface area contributed by atoms with Crippen molar-refractivity contribution in [1.82, 2.24) is 0 Å². The molecule has 3 N–H and O–H groups in total. The summed E-state index contributed by atoms with van der Waals surface area (Å²) in [4.78, 5) is 11.5. The van der Waals surface area contributed by atoms with Crippen LogP contribution in [0.5, 0.6) is 11.5 Å². The number of ether oxygens (including phenoxy) is 2. The third-order valence-electron chi connectivity index (χ3n) is 3.62. The van der Waals surface area contributed by atoms with Gasteiger partial charge in [-0.2, -0.15) is 0 Å². The summed E-state index contributed by atoms with van der Waals surface area (Å²) in [6.45, 7) is 3.18. The van der Waals surface area contributed by atoms with Crippen molar-refractivity contribution in [2.75, 3.05) is 16.6 Å². The van der Waals surface area contributed by atoms with Crippen LogP contribution in [-0.4, -0.2) is 38.5 Å². The van der Waals surface area contributed by atoms with Crippen LogP contribution in [0.1, 0.15) is 20.3 Å². The fourth-order valence-electron chi connectivity index (χ4n) is 2.52. The average Bonchev–Trinajstić information content (AvgIpc) is 2.59. The van der Waals surface area contributed by atoms with Gasteiger partial charge in [-0.3, -0.25) is 9.52 Å². The summed E-state index contributed by atoms with van der Waals surface area (Å²) < 4.78 is 74.1. The Balaban J connectivity index is 2.29. The maximum absolute atomic E-state index is 12.8. The van der Waals surface area contributed by atoms with Gasteiger partial charge < -0.3 is 19.9 Å². The number of hydrogen-bond donors (Lipinski definition) is 3. The molecule has 0 aromatic heterocycles. The minimum absolute atomic E-state index is 0.0763. The predicted octanol–water partition coefficient (Wildman–Crippen LogP) is 3.49. The molecule has 0 spiro atoms. The Morgan fingerprint density at radius 2 is 1.87 bits per heavy atom. The van der Waals surface area contributed by atoms with Crippen molar-refractivity contribution in [2.45, 2.75) is 37.6 Å². The van der Waals surface area contributed by atoms with Gasteiger partial charge in [-0.15, -0.1) is 13.2 Å². The van der Waals surface area contributed by atoms with Crippen LogP contribution in [0, 0.1) is 0 Å². The van der Waals surface area contributed by atoms with Crippen molar-refractivity contribution in [2.24, 2.45) is 0 Å². The number of halogens is 3. The van der Waals surface area contributed by atoms with Gasteiger partial charge in [-0.1, -0.05) is 6.07 Å². The maximum Gasteiger partial charge on any atom is 0.573 e. The Bertz CT molecular complexity index is 1030. The van der Waals surface area contributed by atoms with Gasteiger partial charge >= 0.3 is 6.36 Å². The van der Waals surface area contributed by atoms with E-state index >= 15 is 0 Å². The van der Waals surface area contributed by atoms with Crippen LogP contribution in [0.4, 0.5) is 24.5 Å². The first-order valence-electron chi connectivity index (χ1n) is 9.03. The van der Waals surface area contributed by atoms with Crippen LogP contribution in [0.2, 0.25) is 0 Å². The highest BCUT2D eigenvalue weighted by Gasteiger charge is 2.31. The normalized spacial score (nSPS) is 12.7. The number of sulfonamides is 1. The first-order chi connectivity index (χ1) is 14.4. The number of carbonyl (C=O) groups is 1. The summed E-state index contributed by atoms with van der Waals surface area (Å²) in [6, 6.07) is 8.16. The number of amides is 1. The molecule has 0 radical (unpaired) electrons. The van der Waals surface area contributed by atoms with Crippen molar-refractivity contribution < 1.29 is 41.0 Å². The van der Waals surface area contributed by atoms with E-state index in [2.05, 4.69) is 14.8 Å². The molecule has 1 amide bonds. The number of carbonyl (C=O) groups excluding carboxylic acids is 1. The molecule has 1 atom stereocenters. The zero-order chi connectivity index (χ0) is 23.2. The summed E-state index contributed by atoms with van der Waals surface area (Å²) in [5.74, 6) is -1.14. The SMILES string of the molecule is CCOc1cc(NC(=O)CC(C)O)ccc1S(=O)(=O)Nc1cccc(OC(F)(F)F)c1. The summed E-state index contributed by atoms with van der Waals surface area (Å²) >= 11 is 0. The van der Waals surface area contributed by atoms with Crippen molar-refractivity contribution in [3.63, 3.8) is 0 Å². The molecule has 12 heteroatoms. The number of alkyl halides is 3. The standard InChI is InChI=1S/C19H21F3N2O6S/c1-3-29-16-11-13(23-18(26)9-12(2)25)7-8-17(16)31(27,28)24-14-5-4-6-15(10-14)30-19(20,21)22/h4-8,10-12,24-25H,3,9H2,1-2H3,(H,23,26). The molecular weight excluding hydrogens is 441 g/mol. The molecule has 0 aliphatic rings. The van der Waals surface area contributed by atoms with Gasteiger partial charge in [0.1, 0.15) is 16.4 Å². The van der Waals surface area contributed by atoms with E-state index in [0.29, 0.717) is 0 Å². The van der Waals surface area contributed by atoms with Crippen LogP contribution >= 0.6 is 0 Å². The Labute approximate surface area is 177 Å². The molecule has 1 unspecified atom stereocenters. The van der Waals surface area contributed by atoms with Crippen molar-refractivity contribution in [3.8, 4) is 11.5 Å². The van der Waals surface area contributed by atoms with Gasteiger partial charge in [0.15, 0.2) is 0 Å². The lowest BCUT2D eigenvalue weighted by Gasteiger charge is -2.15. The molecule has 0 fully saturated rings. The highest BCUT2D eigenvalue weighted by atomic mass is 32.2. The lowest BCUT2D eigenvalue weighted by Crippen LogP contribution is -2.18. The second kappa shape index (κ2) is 9.88. The second-order valence-electron chi connectivity index (χ2n) is 6.38. The topological polar surface area (TPSA) is 114 Å². The van der Waals surface area contributed by atoms with E-state index in [1.54, 1.807) is 6.92 Å². The monoisotopic (exact) mass is 462 g/mol. The lowest BCUT2D eigenvalue weighted by molar-refractivity contribution is -0.274. The molecule has 2 rings (SSSR count). The van der Waals surface area contributed by atoms with Gasteiger partial charge in [0.25, 0.3) is 10.0 Å². The quantitative estimate of drug-likeness (QED) is 0.526. The van der Waals surface area contributed by atoms with Crippen LogP contribution < -0.4 is 19.5 Å². The number of aliphatic hydroxyl groups excluding tert-OH is 1. The van der Waals surface area contributed by atoms with Gasteiger partial charge in [0.2, 0.25) is 5.91 Å². The molecule has 2 aromatic carbocycles. The van der Waals surface area contributed by atoms with Gasteiger partial charge in [-0.05, 0) is 38.1 Å². The molecule has 2 aromatic rings. The van der Waals surface area contributed by atoms with E-state index in [-0.39, 0.29) is 35.0 Å². The van der Waals surface area contributed by atoms with E-state index in [9.17, 15) is 31.5 Å². The zero-order valence-corrected chi connectivity index (χ0v) is 17.4. The third kappa shape index (κ3) is 7.64. The molecule has 0 aliphatic carbocycles. The van der Waals surface area contributed by atoms with E-state index in [1.807, 2.05) is 0 Å². The van der Waals surface area contributed by atoms with Crippen LogP contribution in [0.25, 0.3) is 0 Å². The summed E-state index contributed by atoms with van der Waals surface area (Å²) in [5.41, 5.74) is 0.0899. The summed E-state index contributed by atoms with van der Waals surface area (Å²) in [5, 5.41) is 11.8. The van der Waals surface area contributed by atoms with Crippen molar-refractivity contribution in [1.29, 1.82) is 0 Å². The smallest absolute Gasteiger partial charge is 0.492 e. The van der Waals surface area contributed by atoms with Gasteiger partial charge in [0, 0.05) is 17.8 Å². The number of benzene rings is 2. The number of aliphatic hydroxyl groups is 1.